The normalized spacial score (nSPS) is 11.4. The van der Waals surface area contributed by atoms with Gasteiger partial charge in [-0.1, -0.05) is 91.0 Å². The summed E-state index contributed by atoms with van der Waals surface area (Å²) in [6.07, 6.45) is 0. The van der Waals surface area contributed by atoms with E-state index in [1.807, 2.05) is 12.1 Å². The Bertz CT molecular complexity index is 1540. The second kappa shape index (κ2) is 7.07. The van der Waals surface area contributed by atoms with Crippen LogP contribution in [0.5, 0.6) is 0 Å². The van der Waals surface area contributed by atoms with E-state index < -0.39 is 0 Å². The van der Waals surface area contributed by atoms with Gasteiger partial charge in [-0.15, -0.1) is 0 Å². The summed E-state index contributed by atoms with van der Waals surface area (Å²) in [5, 5.41) is 7.65. The molecule has 1 heteroatoms. The molecule has 6 rings (SSSR count). The molecule has 0 saturated heterocycles. The first-order chi connectivity index (χ1) is 15.3. The summed E-state index contributed by atoms with van der Waals surface area (Å²) in [5.41, 5.74) is 4.43. The molecule has 146 valence electrons. The number of rotatable bonds is 2. The number of hydrogen-bond acceptors (Lipinski definition) is 0. The van der Waals surface area contributed by atoms with Crippen molar-refractivity contribution in [3.05, 3.63) is 121 Å². The average Bonchev–Trinajstić information content (AvgIpc) is 2.84. The molecule has 0 saturated carbocycles. The predicted octanol–water partition coefficient (Wildman–Crippen LogP) is 8.62. The van der Waals surface area contributed by atoms with Crippen LogP contribution in [0.4, 0.5) is 4.39 Å². The molecular weight excluding hydrogens is 379 g/mol. The van der Waals surface area contributed by atoms with Gasteiger partial charge in [0.25, 0.3) is 0 Å². The lowest BCUT2D eigenvalue weighted by atomic mass is 9.91. The first kappa shape index (κ1) is 17.9. The van der Waals surface area contributed by atoms with Gasteiger partial charge in [-0.2, -0.15) is 0 Å². The largest absolute Gasteiger partial charge is 0.207 e. The Morgan fingerprint density at radius 1 is 0.323 bits per heavy atom. The maximum atomic E-state index is 13.3. The fraction of sp³-hybridized carbons (Fsp3) is 0. The SMILES string of the molecule is Fc1ccc(-c2cccc(-c3ccc4c5ccccc5c5ccccc5c4c3)c2)cc1. The second-order valence-corrected chi connectivity index (χ2v) is 7.94. The van der Waals surface area contributed by atoms with Crippen molar-refractivity contribution in [2.75, 3.05) is 0 Å². The van der Waals surface area contributed by atoms with Crippen molar-refractivity contribution in [2.45, 2.75) is 0 Å². The summed E-state index contributed by atoms with van der Waals surface area (Å²) in [4.78, 5) is 0. The third-order valence-electron chi connectivity index (χ3n) is 6.12. The fourth-order valence-electron chi connectivity index (χ4n) is 4.61. The Morgan fingerprint density at radius 2 is 0.774 bits per heavy atom. The van der Waals surface area contributed by atoms with Crippen LogP contribution in [0.2, 0.25) is 0 Å². The molecule has 0 amide bonds. The Morgan fingerprint density at radius 3 is 1.39 bits per heavy atom. The molecule has 0 nitrogen and oxygen atoms in total. The van der Waals surface area contributed by atoms with Crippen molar-refractivity contribution in [1.29, 1.82) is 0 Å². The van der Waals surface area contributed by atoms with Crippen molar-refractivity contribution in [2.24, 2.45) is 0 Å². The lowest BCUT2D eigenvalue weighted by Gasteiger charge is -2.12. The van der Waals surface area contributed by atoms with Crippen LogP contribution in [0.1, 0.15) is 0 Å². The average molecular weight is 398 g/mol. The lowest BCUT2D eigenvalue weighted by molar-refractivity contribution is 0.628. The van der Waals surface area contributed by atoms with Crippen LogP contribution in [0.25, 0.3) is 54.6 Å². The van der Waals surface area contributed by atoms with Crippen molar-refractivity contribution in [1.82, 2.24) is 0 Å². The van der Waals surface area contributed by atoms with Crippen LogP contribution in [0, 0.1) is 5.82 Å². The molecule has 0 aliphatic heterocycles. The van der Waals surface area contributed by atoms with E-state index in [9.17, 15) is 4.39 Å². The minimum absolute atomic E-state index is 0.214. The van der Waals surface area contributed by atoms with Gasteiger partial charge in [0.2, 0.25) is 0 Å². The molecule has 0 bridgehead atoms. The smallest absolute Gasteiger partial charge is 0.123 e. The molecule has 0 fully saturated rings. The van der Waals surface area contributed by atoms with Gasteiger partial charge in [-0.25, -0.2) is 4.39 Å². The summed E-state index contributed by atoms with van der Waals surface area (Å²) >= 11 is 0. The molecule has 0 heterocycles. The maximum Gasteiger partial charge on any atom is 0.123 e. The molecule has 0 aliphatic rings. The van der Waals surface area contributed by atoms with E-state index in [1.54, 1.807) is 0 Å². The Labute approximate surface area is 180 Å². The molecule has 6 aromatic carbocycles. The van der Waals surface area contributed by atoms with Gasteiger partial charge >= 0.3 is 0 Å². The molecule has 0 aliphatic carbocycles. The highest BCUT2D eigenvalue weighted by atomic mass is 19.1. The second-order valence-electron chi connectivity index (χ2n) is 7.94. The highest BCUT2D eigenvalue weighted by molar-refractivity contribution is 6.25. The first-order valence-corrected chi connectivity index (χ1v) is 10.5. The third kappa shape index (κ3) is 2.98. The monoisotopic (exact) mass is 398 g/mol. The zero-order chi connectivity index (χ0) is 20.8. The third-order valence-corrected chi connectivity index (χ3v) is 6.12. The number of benzene rings is 6. The van der Waals surface area contributed by atoms with E-state index in [-0.39, 0.29) is 5.82 Å². The summed E-state index contributed by atoms with van der Waals surface area (Å²) in [5.74, 6) is -0.214. The Kier molecular flexibility index (Phi) is 4.07. The minimum Gasteiger partial charge on any atom is -0.207 e. The number of halogens is 1. The quantitative estimate of drug-likeness (QED) is 0.256. The van der Waals surface area contributed by atoms with Crippen LogP contribution < -0.4 is 0 Å². The van der Waals surface area contributed by atoms with Crippen LogP contribution in [0.3, 0.4) is 0 Å². The molecule has 0 unspecified atom stereocenters. The van der Waals surface area contributed by atoms with E-state index in [0.29, 0.717) is 0 Å². The van der Waals surface area contributed by atoms with E-state index in [2.05, 4.69) is 91.0 Å². The van der Waals surface area contributed by atoms with Gasteiger partial charge in [0.1, 0.15) is 5.82 Å². The van der Waals surface area contributed by atoms with Gasteiger partial charge in [0.15, 0.2) is 0 Å². The van der Waals surface area contributed by atoms with Gasteiger partial charge < -0.3 is 0 Å². The molecule has 31 heavy (non-hydrogen) atoms. The molecule has 0 aromatic heterocycles. The van der Waals surface area contributed by atoms with Crippen LogP contribution >= 0.6 is 0 Å². The number of hydrogen-bond donors (Lipinski definition) is 0. The van der Waals surface area contributed by atoms with Crippen LogP contribution in [0.15, 0.2) is 115 Å². The van der Waals surface area contributed by atoms with Crippen LogP contribution in [-0.4, -0.2) is 0 Å². The van der Waals surface area contributed by atoms with Gasteiger partial charge in [-0.3, -0.25) is 0 Å². The Balaban J connectivity index is 1.58. The minimum atomic E-state index is -0.214. The zero-order valence-electron chi connectivity index (χ0n) is 16.8. The zero-order valence-corrected chi connectivity index (χ0v) is 16.8. The van der Waals surface area contributed by atoms with Crippen molar-refractivity contribution in [3.63, 3.8) is 0 Å². The topological polar surface area (TPSA) is 0 Å². The van der Waals surface area contributed by atoms with E-state index in [4.69, 9.17) is 0 Å². The summed E-state index contributed by atoms with van der Waals surface area (Å²) in [6.45, 7) is 0. The van der Waals surface area contributed by atoms with Gasteiger partial charge in [0.05, 0.1) is 0 Å². The fourth-order valence-corrected chi connectivity index (χ4v) is 4.61. The van der Waals surface area contributed by atoms with Gasteiger partial charge in [-0.05, 0) is 78.8 Å². The first-order valence-electron chi connectivity index (χ1n) is 10.5. The summed E-state index contributed by atoms with van der Waals surface area (Å²) in [7, 11) is 0. The maximum absolute atomic E-state index is 13.3. The van der Waals surface area contributed by atoms with Crippen molar-refractivity contribution >= 4 is 32.3 Å². The molecule has 6 aromatic rings. The molecule has 0 radical (unpaired) electrons. The molecule has 0 atom stereocenters. The van der Waals surface area contributed by atoms with E-state index in [0.717, 1.165) is 16.7 Å². The lowest BCUT2D eigenvalue weighted by Crippen LogP contribution is -1.86. The van der Waals surface area contributed by atoms with E-state index in [1.165, 1.54) is 50.0 Å². The van der Waals surface area contributed by atoms with Gasteiger partial charge in [0, 0.05) is 0 Å². The highest BCUT2D eigenvalue weighted by Crippen LogP contribution is 2.37. The van der Waals surface area contributed by atoms with E-state index >= 15 is 0 Å². The summed E-state index contributed by atoms with van der Waals surface area (Å²) in [6, 6.07) is 39.1. The highest BCUT2D eigenvalue weighted by Gasteiger charge is 2.10. The number of fused-ring (bicyclic) bond motifs is 6. The molecule has 0 N–H and O–H groups in total. The van der Waals surface area contributed by atoms with Crippen molar-refractivity contribution < 1.29 is 4.39 Å². The predicted molar refractivity (Wildman–Crippen MR) is 130 cm³/mol. The van der Waals surface area contributed by atoms with Crippen molar-refractivity contribution in [3.8, 4) is 22.3 Å². The molecule has 0 spiro atoms. The van der Waals surface area contributed by atoms with Crippen LogP contribution in [-0.2, 0) is 0 Å². The standard InChI is InChI=1S/C30H19F/c31-24-15-12-20(13-16-24)21-6-5-7-22(18-21)23-14-17-29-27-10-2-1-8-25(27)26-9-3-4-11-28(26)30(29)19-23/h1-19H. The summed E-state index contributed by atoms with van der Waals surface area (Å²) < 4.78 is 13.3. The Hall–Kier alpha value is -3.97. The molecular formula is C30H19F.